The minimum atomic E-state index is -1.16. The van der Waals surface area contributed by atoms with Crippen LogP contribution in [-0.4, -0.2) is 21.0 Å². The van der Waals surface area contributed by atoms with Crippen molar-refractivity contribution in [1.82, 2.24) is 9.97 Å². The van der Waals surface area contributed by atoms with Crippen molar-refractivity contribution in [3.05, 3.63) is 27.4 Å². The van der Waals surface area contributed by atoms with Crippen molar-refractivity contribution in [2.24, 2.45) is 0 Å². The van der Waals surface area contributed by atoms with Gasteiger partial charge in [-0.05, 0) is 13.3 Å². The van der Waals surface area contributed by atoms with Gasteiger partial charge >= 0.3 is 5.97 Å². The van der Waals surface area contributed by atoms with Gasteiger partial charge in [-0.25, -0.2) is 9.78 Å². The van der Waals surface area contributed by atoms with Crippen LogP contribution in [0.1, 0.15) is 28.8 Å². The van der Waals surface area contributed by atoms with E-state index in [2.05, 4.69) is 9.97 Å². The molecule has 0 saturated carbocycles. The van der Waals surface area contributed by atoms with E-state index < -0.39 is 5.97 Å². The average Bonchev–Trinajstić information content (AvgIpc) is 2.02. The van der Waals surface area contributed by atoms with Gasteiger partial charge in [0, 0.05) is 0 Å². The molecule has 0 saturated heterocycles. The molecule has 0 unspecified atom stereocenters. The number of aromatic carboxylic acids is 1. The first-order valence-corrected chi connectivity index (χ1v) is 3.89. The Morgan fingerprint density at radius 3 is 2.69 bits per heavy atom. The van der Waals surface area contributed by atoms with Crippen LogP contribution in [0.2, 0.25) is 0 Å². The van der Waals surface area contributed by atoms with Crippen LogP contribution in [0.25, 0.3) is 0 Å². The Kier molecular flexibility index (Phi) is 2.46. The minimum absolute atomic E-state index is 0.149. The molecule has 0 atom stereocenters. The highest BCUT2D eigenvalue weighted by atomic mass is 16.4. The second kappa shape index (κ2) is 3.38. The largest absolute Gasteiger partial charge is 0.476 e. The smallest absolute Gasteiger partial charge is 0.355 e. The zero-order valence-electron chi connectivity index (χ0n) is 7.42. The van der Waals surface area contributed by atoms with Gasteiger partial charge in [0.2, 0.25) is 0 Å². The third-order valence-corrected chi connectivity index (χ3v) is 1.69. The summed E-state index contributed by atoms with van der Waals surface area (Å²) in [6.45, 7) is 3.27. The van der Waals surface area contributed by atoms with Gasteiger partial charge < -0.3 is 10.1 Å². The summed E-state index contributed by atoms with van der Waals surface area (Å²) in [5, 5.41) is 8.73. The van der Waals surface area contributed by atoms with E-state index >= 15 is 0 Å². The average molecular weight is 182 g/mol. The molecule has 0 spiro atoms. The number of H-pyrrole nitrogens is 1. The quantitative estimate of drug-likeness (QED) is 0.690. The third kappa shape index (κ3) is 1.74. The second-order valence-corrected chi connectivity index (χ2v) is 2.64. The van der Waals surface area contributed by atoms with Crippen molar-refractivity contribution in [2.45, 2.75) is 20.3 Å². The fourth-order valence-electron chi connectivity index (χ4n) is 1.12. The Bertz CT molecular complexity index is 395. The number of aromatic nitrogens is 2. The molecule has 2 N–H and O–H groups in total. The molecule has 70 valence electrons. The van der Waals surface area contributed by atoms with E-state index in [1.807, 2.05) is 0 Å². The Morgan fingerprint density at radius 1 is 1.62 bits per heavy atom. The highest BCUT2D eigenvalue weighted by Gasteiger charge is 2.14. The van der Waals surface area contributed by atoms with Gasteiger partial charge in [-0.2, -0.15) is 0 Å². The maximum Gasteiger partial charge on any atom is 0.355 e. The lowest BCUT2D eigenvalue weighted by Crippen LogP contribution is -2.21. The normalized spacial score (nSPS) is 10.0. The fourth-order valence-corrected chi connectivity index (χ4v) is 1.12. The van der Waals surface area contributed by atoms with Crippen LogP contribution in [0.15, 0.2) is 4.79 Å². The van der Waals surface area contributed by atoms with Crippen molar-refractivity contribution < 1.29 is 9.90 Å². The molecule has 1 aromatic rings. The van der Waals surface area contributed by atoms with E-state index in [-0.39, 0.29) is 16.8 Å². The number of nitrogens with zero attached hydrogens (tertiary/aromatic N) is 1. The molecule has 0 amide bonds. The van der Waals surface area contributed by atoms with E-state index in [0.717, 1.165) is 0 Å². The van der Waals surface area contributed by atoms with Crippen molar-refractivity contribution in [1.29, 1.82) is 0 Å². The number of nitrogens with one attached hydrogen (secondary N) is 1. The minimum Gasteiger partial charge on any atom is -0.476 e. The van der Waals surface area contributed by atoms with Crippen LogP contribution in [0.5, 0.6) is 0 Å². The van der Waals surface area contributed by atoms with Gasteiger partial charge in [0.15, 0.2) is 5.69 Å². The monoisotopic (exact) mass is 182 g/mol. The molecule has 0 aliphatic carbocycles. The molecule has 0 bridgehead atoms. The standard InChI is InChI=1S/C8H10N2O3/c1-3-5-6(8(12)13)9-4(2)10-7(5)11/h3H2,1-2H3,(H,12,13)(H,9,10,11). The van der Waals surface area contributed by atoms with Crippen LogP contribution in [0.3, 0.4) is 0 Å². The molecule has 0 aliphatic rings. The van der Waals surface area contributed by atoms with Crippen LogP contribution in [0.4, 0.5) is 0 Å². The van der Waals surface area contributed by atoms with E-state index in [9.17, 15) is 9.59 Å². The third-order valence-electron chi connectivity index (χ3n) is 1.69. The topological polar surface area (TPSA) is 83.0 Å². The molecule has 0 radical (unpaired) electrons. The predicted molar refractivity (Wildman–Crippen MR) is 45.9 cm³/mol. The SMILES string of the molecule is CCc1c(C(=O)O)nc(C)[nH]c1=O. The maximum atomic E-state index is 11.2. The summed E-state index contributed by atoms with van der Waals surface area (Å²) in [5.41, 5.74) is -0.297. The van der Waals surface area contributed by atoms with Gasteiger partial charge in [0.25, 0.3) is 5.56 Å². The summed E-state index contributed by atoms with van der Waals surface area (Å²) >= 11 is 0. The Morgan fingerprint density at radius 2 is 2.23 bits per heavy atom. The van der Waals surface area contributed by atoms with Gasteiger partial charge in [0.05, 0.1) is 5.56 Å². The van der Waals surface area contributed by atoms with Crippen molar-refractivity contribution >= 4 is 5.97 Å². The highest BCUT2D eigenvalue weighted by Crippen LogP contribution is 2.01. The van der Waals surface area contributed by atoms with Gasteiger partial charge in [-0.15, -0.1) is 0 Å². The summed E-state index contributed by atoms with van der Waals surface area (Å²) < 4.78 is 0. The molecule has 1 aromatic heterocycles. The molecule has 0 aliphatic heterocycles. The zero-order valence-corrected chi connectivity index (χ0v) is 7.42. The fraction of sp³-hybridized carbons (Fsp3) is 0.375. The van der Waals surface area contributed by atoms with Crippen LogP contribution < -0.4 is 5.56 Å². The maximum absolute atomic E-state index is 11.2. The van der Waals surface area contributed by atoms with Crippen LogP contribution in [0, 0.1) is 6.92 Å². The molecule has 0 aromatic carbocycles. The number of hydrogen-bond donors (Lipinski definition) is 2. The van der Waals surface area contributed by atoms with Gasteiger partial charge in [0.1, 0.15) is 5.82 Å². The number of aryl methyl sites for hydroxylation is 1. The second-order valence-electron chi connectivity index (χ2n) is 2.64. The highest BCUT2D eigenvalue weighted by molar-refractivity contribution is 5.86. The lowest BCUT2D eigenvalue weighted by atomic mass is 10.2. The molecule has 1 heterocycles. The zero-order chi connectivity index (χ0) is 10.0. The number of carboxylic acid groups (broad SMARTS) is 1. The summed E-state index contributed by atoms with van der Waals surface area (Å²) in [6, 6.07) is 0. The summed E-state index contributed by atoms with van der Waals surface area (Å²) in [5.74, 6) is -0.842. The summed E-state index contributed by atoms with van der Waals surface area (Å²) in [4.78, 5) is 28.1. The molecule has 0 fully saturated rings. The van der Waals surface area contributed by atoms with E-state index in [4.69, 9.17) is 5.11 Å². The first-order chi connectivity index (χ1) is 6.06. The Labute approximate surface area is 74.4 Å². The summed E-state index contributed by atoms with van der Waals surface area (Å²) in [7, 11) is 0. The van der Waals surface area contributed by atoms with Gasteiger partial charge in [-0.1, -0.05) is 6.92 Å². The molecule has 13 heavy (non-hydrogen) atoms. The Hall–Kier alpha value is -1.65. The molecule has 5 heteroatoms. The number of rotatable bonds is 2. The first-order valence-electron chi connectivity index (χ1n) is 3.89. The molecule has 1 rings (SSSR count). The molecular formula is C8H10N2O3. The first kappa shape index (κ1) is 9.44. The number of carboxylic acids is 1. The molecular weight excluding hydrogens is 172 g/mol. The number of aromatic amines is 1. The van der Waals surface area contributed by atoms with E-state index in [1.54, 1.807) is 13.8 Å². The Balaban J connectivity index is 3.47. The lowest BCUT2D eigenvalue weighted by Gasteiger charge is -2.01. The number of hydrogen-bond acceptors (Lipinski definition) is 3. The van der Waals surface area contributed by atoms with E-state index in [1.165, 1.54) is 0 Å². The van der Waals surface area contributed by atoms with Crippen LogP contribution >= 0.6 is 0 Å². The number of carbonyl (C=O) groups is 1. The van der Waals surface area contributed by atoms with Crippen molar-refractivity contribution in [3.63, 3.8) is 0 Å². The lowest BCUT2D eigenvalue weighted by molar-refractivity contribution is 0.0688. The molecule has 5 nitrogen and oxygen atoms in total. The predicted octanol–water partition coefficient (Wildman–Crippen LogP) is 0.339. The summed E-state index contributed by atoms with van der Waals surface area (Å²) in [6.07, 6.45) is 0.365. The van der Waals surface area contributed by atoms with E-state index in [0.29, 0.717) is 12.2 Å². The van der Waals surface area contributed by atoms with Crippen molar-refractivity contribution in [2.75, 3.05) is 0 Å². The van der Waals surface area contributed by atoms with Crippen LogP contribution in [-0.2, 0) is 6.42 Å². The van der Waals surface area contributed by atoms with Crippen molar-refractivity contribution in [3.8, 4) is 0 Å². The van der Waals surface area contributed by atoms with Gasteiger partial charge in [-0.3, -0.25) is 4.79 Å².